The van der Waals surface area contributed by atoms with Gasteiger partial charge in [0.1, 0.15) is 5.69 Å². The minimum absolute atomic E-state index is 0.0821. The van der Waals surface area contributed by atoms with Crippen molar-refractivity contribution < 1.29 is 19.2 Å². The van der Waals surface area contributed by atoms with E-state index >= 15 is 0 Å². The van der Waals surface area contributed by atoms with Crippen molar-refractivity contribution in [3.63, 3.8) is 0 Å². The summed E-state index contributed by atoms with van der Waals surface area (Å²) in [6.45, 7) is 5.68. The summed E-state index contributed by atoms with van der Waals surface area (Å²) in [6, 6.07) is 16.3. The van der Waals surface area contributed by atoms with Crippen LogP contribution in [0.1, 0.15) is 41.5 Å². The number of aromatic carboxylic acids is 1. The van der Waals surface area contributed by atoms with Crippen LogP contribution in [0, 0.1) is 13.8 Å². The zero-order chi connectivity index (χ0) is 23.5. The zero-order valence-corrected chi connectivity index (χ0v) is 18.6. The van der Waals surface area contributed by atoms with Crippen LogP contribution in [0.5, 0.6) is 0 Å². The van der Waals surface area contributed by atoms with Crippen LogP contribution in [0.25, 0.3) is 28.1 Å². The molecule has 1 amide bonds. The number of aromatic nitrogens is 3. The van der Waals surface area contributed by atoms with E-state index in [9.17, 15) is 14.7 Å². The van der Waals surface area contributed by atoms with Crippen LogP contribution in [-0.2, 0) is 4.79 Å². The number of carboxylic acid groups (broad SMARTS) is 1. The molecule has 8 nitrogen and oxygen atoms in total. The molecule has 0 saturated heterocycles. The molecule has 0 aliphatic carbocycles. The quantitative estimate of drug-likeness (QED) is 0.403. The van der Waals surface area contributed by atoms with Crippen molar-refractivity contribution in [2.45, 2.75) is 33.6 Å². The second kappa shape index (κ2) is 9.12. The number of benzene rings is 2. The Morgan fingerprint density at radius 3 is 2.42 bits per heavy atom. The van der Waals surface area contributed by atoms with E-state index in [1.165, 1.54) is 6.07 Å². The molecule has 8 heteroatoms. The largest absolute Gasteiger partial charge is 0.478 e. The zero-order valence-electron chi connectivity index (χ0n) is 18.6. The van der Waals surface area contributed by atoms with Gasteiger partial charge in [0.2, 0.25) is 11.8 Å². The van der Waals surface area contributed by atoms with Gasteiger partial charge in [-0.05, 0) is 38.5 Å². The molecule has 4 rings (SSSR count). The highest BCUT2D eigenvalue weighted by molar-refractivity contribution is 6.03. The first-order chi connectivity index (χ1) is 15.9. The highest BCUT2D eigenvalue weighted by atomic mass is 16.5. The van der Waals surface area contributed by atoms with Gasteiger partial charge in [0.05, 0.1) is 28.2 Å². The van der Waals surface area contributed by atoms with Crippen LogP contribution in [-0.4, -0.2) is 31.9 Å². The average molecular weight is 444 g/mol. The van der Waals surface area contributed by atoms with E-state index in [0.717, 1.165) is 11.4 Å². The number of nitrogens with one attached hydrogen (secondary N) is 1. The molecule has 4 aromatic rings. The van der Waals surface area contributed by atoms with Crippen LogP contribution in [0.3, 0.4) is 0 Å². The molecular weight excluding hydrogens is 420 g/mol. The number of carboxylic acids is 1. The molecule has 168 valence electrons. The second-order valence-corrected chi connectivity index (χ2v) is 7.68. The fourth-order valence-corrected chi connectivity index (χ4v) is 3.91. The summed E-state index contributed by atoms with van der Waals surface area (Å²) in [5.41, 5.74) is 4.44. The van der Waals surface area contributed by atoms with Crippen LogP contribution < -0.4 is 5.32 Å². The number of amides is 1. The Balaban J connectivity index is 1.94. The van der Waals surface area contributed by atoms with Gasteiger partial charge in [0.25, 0.3) is 0 Å². The van der Waals surface area contributed by atoms with Crippen molar-refractivity contribution in [2.24, 2.45) is 0 Å². The van der Waals surface area contributed by atoms with Crippen molar-refractivity contribution >= 4 is 17.8 Å². The molecule has 0 radical (unpaired) electrons. The number of hydrogen-bond donors (Lipinski definition) is 2. The highest BCUT2D eigenvalue weighted by Crippen LogP contribution is 2.42. The first kappa shape index (κ1) is 22.0. The minimum Gasteiger partial charge on any atom is -0.478 e. The van der Waals surface area contributed by atoms with E-state index in [1.54, 1.807) is 18.2 Å². The fourth-order valence-electron chi connectivity index (χ4n) is 3.91. The molecule has 0 unspecified atom stereocenters. The predicted octanol–water partition coefficient (Wildman–Crippen LogP) is 5.25. The molecule has 0 aliphatic rings. The third-order valence-electron chi connectivity index (χ3n) is 5.38. The number of anilines is 1. The fraction of sp³-hybridized carbons (Fsp3) is 0.200. The van der Waals surface area contributed by atoms with E-state index in [2.05, 4.69) is 15.6 Å². The monoisotopic (exact) mass is 444 g/mol. The van der Waals surface area contributed by atoms with Crippen molar-refractivity contribution in [3.05, 3.63) is 71.5 Å². The Morgan fingerprint density at radius 1 is 1.03 bits per heavy atom. The first-order valence-corrected chi connectivity index (χ1v) is 10.7. The maximum atomic E-state index is 12.4. The van der Waals surface area contributed by atoms with Crippen molar-refractivity contribution in [3.8, 4) is 28.1 Å². The van der Waals surface area contributed by atoms with Gasteiger partial charge in [0, 0.05) is 17.5 Å². The second-order valence-electron chi connectivity index (χ2n) is 7.68. The van der Waals surface area contributed by atoms with Gasteiger partial charge in [0.15, 0.2) is 0 Å². The smallest absolute Gasteiger partial charge is 0.336 e. The topological polar surface area (TPSA) is 110 Å². The number of nitrogens with zero attached hydrogens (tertiary/aromatic N) is 3. The number of aryl methyl sites for hydroxylation is 1. The summed E-state index contributed by atoms with van der Waals surface area (Å²) in [6.07, 6.45) is 0.968. The van der Waals surface area contributed by atoms with E-state index in [0.29, 0.717) is 40.9 Å². The van der Waals surface area contributed by atoms with Crippen LogP contribution in [0.4, 0.5) is 5.88 Å². The molecule has 2 heterocycles. The first-order valence-electron chi connectivity index (χ1n) is 10.7. The lowest BCUT2D eigenvalue weighted by molar-refractivity contribution is -0.116. The third-order valence-corrected chi connectivity index (χ3v) is 5.38. The van der Waals surface area contributed by atoms with Gasteiger partial charge in [-0.15, -0.1) is 0 Å². The number of carbonyl (C=O) groups is 2. The lowest BCUT2D eigenvalue weighted by Gasteiger charge is -2.09. The Labute approximate surface area is 190 Å². The molecular formula is C25H24N4O4. The maximum Gasteiger partial charge on any atom is 0.336 e. The molecule has 0 spiro atoms. The Hall–Kier alpha value is -4.20. The number of carbonyl (C=O) groups excluding carboxylic acids is 1. The van der Waals surface area contributed by atoms with E-state index in [1.807, 2.05) is 55.8 Å². The molecule has 0 aliphatic heterocycles. The van der Waals surface area contributed by atoms with Gasteiger partial charge in [-0.2, -0.15) is 5.10 Å². The van der Waals surface area contributed by atoms with Crippen molar-refractivity contribution in [1.82, 2.24) is 14.9 Å². The van der Waals surface area contributed by atoms with Gasteiger partial charge >= 0.3 is 5.97 Å². The van der Waals surface area contributed by atoms with Crippen LogP contribution in [0.2, 0.25) is 0 Å². The van der Waals surface area contributed by atoms with Crippen LogP contribution in [0.15, 0.2) is 59.1 Å². The van der Waals surface area contributed by atoms with Gasteiger partial charge in [-0.1, -0.05) is 48.5 Å². The standard InChI is InChI=1S/C25H24N4O4/c1-4-10-20(30)26-24-22(18-13-8-9-14-19(18)25(31)32)23(28-33-24)21-15(2)27-29(16(21)3)17-11-6-5-7-12-17/h5-9,11-14H,4,10H2,1-3H3,(H,26,30)(H,31,32). The maximum absolute atomic E-state index is 12.4. The predicted molar refractivity (Wildman–Crippen MR) is 124 cm³/mol. The molecule has 33 heavy (non-hydrogen) atoms. The molecule has 2 N–H and O–H groups in total. The summed E-state index contributed by atoms with van der Waals surface area (Å²) in [7, 11) is 0. The average Bonchev–Trinajstić information content (AvgIpc) is 3.33. The molecule has 0 atom stereocenters. The number of hydrogen-bond acceptors (Lipinski definition) is 5. The summed E-state index contributed by atoms with van der Waals surface area (Å²) < 4.78 is 7.38. The van der Waals surface area contributed by atoms with Gasteiger partial charge in [-0.25, -0.2) is 9.48 Å². The highest BCUT2D eigenvalue weighted by Gasteiger charge is 2.28. The third kappa shape index (κ3) is 4.15. The molecule has 2 aromatic heterocycles. The number of rotatable bonds is 7. The number of para-hydroxylation sites is 1. The van der Waals surface area contributed by atoms with Gasteiger partial charge in [-0.3, -0.25) is 10.1 Å². The van der Waals surface area contributed by atoms with Crippen molar-refractivity contribution in [2.75, 3.05) is 5.32 Å². The summed E-state index contributed by atoms with van der Waals surface area (Å²) in [5, 5.41) is 21.5. The SMILES string of the molecule is CCCC(=O)Nc1onc(-c2c(C)nn(-c3ccccc3)c2C)c1-c1ccccc1C(=O)O. The van der Waals surface area contributed by atoms with Crippen LogP contribution >= 0.6 is 0 Å². The van der Waals surface area contributed by atoms with Crippen molar-refractivity contribution in [1.29, 1.82) is 0 Å². The summed E-state index contributed by atoms with van der Waals surface area (Å²) in [5.74, 6) is -1.21. The minimum atomic E-state index is -1.09. The summed E-state index contributed by atoms with van der Waals surface area (Å²) in [4.78, 5) is 24.3. The lowest BCUT2D eigenvalue weighted by Crippen LogP contribution is -2.11. The van der Waals surface area contributed by atoms with E-state index in [-0.39, 0.29) is 17.4 Å². The lowest BCUT2D eigenvalue weighted by atomic mass is 9.95. The van der Waals surface area contributed by atoms with E-state index in [4.69, 9.17) is 4.52 Å². The molecule has 0 fully saturated rings. The molecule has 2 aromatic carbocycles. The summed E-state index contributed by atoms with van der Waals surface area (Å²) >= 11 is 0. The molecule has 0 bridgehead atoms. The Bertz CT molecular complexity index is 1320. The van der Waals surface area contributed by atoms with Gasteiger partial charge < -0.3 is 9.63 Å². The Morgan fingerprint density at radius 2 is 1.73 bits per heavy atom. The normalized spacial score (nSPS) is 10.9. The molecule has 0 saturated carbocycles. The Kier molecular flexibility index (Phi) is 6.08. The van der Waals surface area contributed by atoms with E-state index < -0.39 is 5.97 Å².